The summed E-state index contributed by atoms with van der Waals surface area (Å²) >= 11 is 0. The van der Waals surface area contributed by atoms with Crippen LogP contribution in [-0.2, 0) is 20.9 Å². The van der Waals surface area contributed by atoms with Crippen LogP contribution in [0.15, 0.2) is 30.3 Å². The molecule has 3 rings (SSSR count). The Morgan fingerprint density at radius 2 is 2.05 bits per heavy atom. The predicted octanol–water partition coefficient (Wildman–Crippen LogP) is 0.986. The largest absolute Gasteiger partial charge is 0.447 e. The highest BCUT2D eigenvalue weighted by Gasteiger charge is 2.49. The monoisotopic (exact) mass is 290 g/mol. The molecule has 0 aliphatic carbocycles. The van der Waals surface area contributed by atoms with Crippen LogP contribution < -0.4 is 0 Å². The summed E-state index contributed by atoms with van der Waals surface area (Å²) in [5.74, 6) is -0.408. The van der Waals surface area contributed by atoms with Gasteiger partial charge in [-0.2, -0.15) is 0 Å². The standard InChI is InChI=1S/C14H14N2O5/c17-12(15-6-7-20-13(15)18)11-8-16(11)14(19)21-9-10-4-2-1-3-5-10/h1-5,11H,6-9H2. The van der Waals surface area contributed by atoms with E-state index in [0.717, 1.165) is 10.5 Å². The number of ether oxygens (including phenoxy) is 2. The zero-order valence-corrected chi connectivity index (χ0v) is 11.2. The van der Waals surface area contributed by atoms with Crippen molar-refractivity contribution in [3.63, 3.8) is 0 Å². The molecule has 110 valence electrons. The van der Waals surface area contributed by atoms with Gasteiger partial charge in [0.2, 0.25) is 0 Å². The maximum absolute atomic E-state index is 12.0. The Balaban J connectivity index is 1.49. The average Bonchev–Trinajstić information content (AvgIpc) is 3.20. The van der Waals surface area contributed by atoms with Crippen LogP contribution in [0.3, 0.4) is 0 Å². The van der Waals surface area contributed by atoms with E-state index in [9.17, 15) is 14.4 Å². The van der Waals surface area contributed by atoms with E-state index in [4.69, 9.17) is 9.47 Å². The lowest BCUT2D eigenvalue weighted by atomic mass is 10.2. The Hall–Kier alpha value is -2.57. The maximum atomic E-state index is 12.0. The Kier molecular flexibility index (Phi) is 3.47. The van der Waals surface area contributed by atoms with Gasteiger partial charge in [0.15, 0.2) is 0 Å². The Morgan fingerprint density at radius 3 is 2.71 bits per heavy atom. The SMILES string of the molecule is O=C1OCCN1C(=O)C1CN1C(=O)OCc1ccccc1. The van der Waals surface area contributed by atoms with Crippen molar-refractivity contribution in [1.29, 1.82) is 0 Å². The first-order valence-corrected chi connectivity index (χ1v) is 6.62. The molecule has 21 heavy (non-hydrogen) atoms. The van der Waals surface area contributed by atoms with Gasteiger partial charge in [0.1, 0.15) is 19.3 Å². The lowest BCUT2D eigenvalue weighted by Crippen LogP contribution is -2.37. The van der Waals surface area contributed by atoms with Gasteiger partial charge >= 0.3 is 12.2 Å². The maximum Gasteiger partial charge on any atom is 0.416 e. The zero-order chi connectivity index (χ0) is 14.8. The second-order valence-corrected chi connectivity index (χ2v) is 4.81. The summed E-state index contributed by atoms with van der Waals surface area (Å²) < 4.78 is 9.82. The van der Waals surface area contributed by atoms with Gasteiger partial charge in [-0.1, -0.05) is 30.3 Å². The van der Waals surface area contributed by atoms with Gasteiger partial charge in [0.25, 0.3) is 5.91 Å². The van der Waals surface area contributed by atoms with Crippen molar-refractivity contribution >= 4 is 18.1 Å². The van der Waals surface area contributed by atoms with E-state index in [2.05, 4.69) is 0 Å². The van der Waals surface area contributed by atoms with Crippen LogP contribution in [0.5, 0.6) is 0 Å². The molecule has 1 unspecified atom stereocenters. The Morgan fingerprint density at radius 1 is 1.29 bits per heavy atom. The van der Waals surface area contributed by atoms with E-state index in [1.54, 1.807) is 0 Å². The summed E-state index contributed by atoms with van der Waals surface area (Å²) in [5, 5.41) is 0. The van der Waals surface area contributed by atoms with Gasteiger partial charge in [-0.05, 0) is 5.56 Å². The van der Waals surface area contributed by atoms with E-state index in [0.29, 0.717) is 0 Å². The third-order valence-corrected chi connectivity index (χ3v) is 3.36. The lowest BCUT2D eigenvalue weighted by molar-refractivity contribution is -0.127. The average molecular weight is 290 g/mol. The third-order valence-electron chi connectivity index (χ3n) is 3.36. The van der Waals surface area contributed by atoms with Crippen LogP contribution in [0.4, 0.5) is 9.59 Å². The third kappa shape index (κ3) is 2.81. The Labute approximate surface area is 121 Å². The van der Waals surface area contributed by atoms with Crippen LogP contribution in [0.2, 0.25) is 0 Å². The number of nitrogens with zero attached hydrogens (tertiary/aromatic N) is 2. The fourth-order valence-electron chi connectivity index (χ4n) is 2.13. The van der Waals surface area contributed by atoms with E-state index in [-0.39, 0.29) is 26.3 Å². The van der Waals surface area contributed by atoms with Gasteiger partial charge in [-0.25, -0.2) is 14.5 Å². The van der Waals surface area contributed by atoms with Crippen molar-refractivity contribution in [2.75, 3.05) is 19.7 Å². The predicted molar refractivity (Wildman–Crippen MR) is 70.2 cm³/mol. The summed E-state index contributed by atoms with van der Waals surface area (Å²) in [6.07, 6.45) is -1.20. The minimum Gasteiger partial charge on any atom is -0.447 e. The van der Waals surface area contributed by atoms with Crippen LogP contribution in [0.25, 0.3) is 0 Å². The normalized spacial score (nSPS) is 20.2. The molecule has 2 heterocycles. The molecule has 0 spiro atoms. The van der Waals surface area contributed by atoms with Crippen LogP contribution in [0, 0.1) is 0 Å². The number of hydrogen-bond acceptors (Lipinski definition) is 5. The smallest absolute Gasteiger partial charge is 0.416 e. The molecule has 2 aliphatic heterocycles. The topological polar surface area (TPSA) is 75.9 Å². The van der Waals surface area contributed by atoms with Gasteiger partial charge in [0.05, 0.1) is 13.1 Å². The van der Waals surface area contributed by atoms with Gasteiger partial charge in [0, 0.05) is 0 Å². The van der Waals surface area contributed by atoms with E-state index in [1.807, 2.05) is 30.3 Å². The van der Waals surface area contributed by atoms with E-state index in [1.165, 1.54) is 4.90 Å². The van der Waals surface area contributed by atoms with Crippen molar-refractivity contribution in [3.8, 4) is 0 Å². The minimum atomic E-state index is -0.649. The molecule has 2 fully saturated rings. The number of carbonyl (C=O) groups excluding carboxylic acids is 3. The molecule has 2 aliphatic rings. The molecule has 0 radical (unpaired) electrons. The number of benzene rings is 1. The van der Waals surface area contributed by atoms with Crippen molar-refractivity contribution < 1.29 is 23.9 Å². The Bertz CT molecular complexity index is 574. The first-order valence-electron chi connectivity index (χ1n) is 6.62. The van der Waals surface area contributed by atoms with Crippen molar-refractivity contribution in [2.45, 2.75) is 12.6 Å². The fraction of sp³-hybridized carbons (Fsp3) is 0.357. The highest BCUT2D eigenvalue weighted by Crippen LogP contribution is 2.23. The first-order chi connectivity index (χ1) is 10.2. The van der Waals surface area contributed by atoms with Crippen molar-refractivity contribution in [2.24, 2.45) is 0 Å². The van der Waals surface area contributed by atoms with E-state index < -0.39 is 24.1 Å². The summed E-state index contributed by atoms with van der Waals surface area (Å²) in [7, 11) is 0. The number of hydrogen-bond donors (Lipinski definition) is 0. The summed E-state index contributed by atoms with van der Waals surface area (Å²) in [6.45, 7) is 0.871. The summed E-state index contributed by atoms with van der Waals surface area (Å²) in [4.78, 5) is 37.4. The number of rotatable bonds is 3. The van der Waals surface area contributed by atoms with Gasteiger partial charge < -0.3 is 9.47 Å². The van der Waals surface area contributed by atoms with Gasteiger partial charge in [-0.15, -0.1) is 0 Å². The number of imide groups is 1. The second kappa shape index (κ2) is 5.43. The highest BCUT2D eigenvalue weighted by atomic mass is 16.6. The molecule has 0 N–H and O–H groups in total. The van der Waals surface area contributed by atoms with E-state index >= 15 is 0 Å². The number of cyclic esters (lactones) is 1. The van der Waals surface area contributed by atoms with Gasteiger partial charge in [-0.3, -0.25) is 9.69 Å². The van der Waals surface area contributed by atoms with Crippen LogP contribution in [-0.4, -0.2) is 53.6 Å². The van der Waals surface area contributed by atoms with Crippen LogP contribution in [0.1, 0.15) is 5.56 Å². The molecule has 7 heteroatoms. The second-order valence-electron chi connectivity index (χ2n) is 4.81. The van der Waals surface area contributed by atoms with Crippen LogP contribution >= 0.6 is 0 Å². The van der Waals surface area contributed by atoms with Crippen molar-refractivity contribution in [3.05, 3.63) is 35.9 Å². The molecule has 0 bridgehead atoms. The molecule has 0 saturated carbocycles. The molecule has 7 nitrogen and oxygen atoms in total. The molecule has 0 aromatic heterocycles. The first kappa shape index (κ1) is 13.4. The minimum absolute atomic E-state index is 0.156. The lowest BCUT2D eigenvalue weighted by Gasteiger charge is -2.10. The number of carbonyl (C=O) groups is 3. The molecular weight excluding hydrogens is 276 g/mol. The zero-order valence-electron chi connectivity index (χ0n) is 11.2. The molecule has 2 saturated heterocycles. The molecule has 1 aromatic rings. The quantitative estimate of drug-likeness (QED) is 0.776. The molecule has 3 amide bonds. The summed E-state index contributed by atoms with van der Waals surface area (Å²) in [6, 6.07) is 8.66. The molecule has 1 atom stereocenters. The van der Waals surface area contributed by atoms with Crippen molar-refractivity contribution in [1.82, 2.24) is 9.80 Å². The molecular formula is C14H14N2O5. The number of amides is 3. The highest BCUT2D eigenvalue weighted by molar-refractivity contribution is 5.99. The fourth-order valence-corrected chi connectivity index (χ4v) is 2.13. The summed E-state index contributed by atoms with van der Waals surface area (Å²) in [5.41, 5.74) is 0.874. The molecule has 1 aromatic carbocycles.